The van der Waals surface area contributed by atoms with Crippen LogP contribution in [-0.4, -0.2) is 59.8 Å². The molecule has 160 valence electrons. The lowest BCUT2D eigenvalue weighted by Gasteiger charge is -2.19. The van der Waals surface area contributed by atoms with Gasteiger partial charge in [-0.1, -0.05) is 56.8 Å². The summed E-state index contributed by atoms with van der Waals surface area (Å²) in [4.78, 5) is 13.1. The van der Waals surface area contributed by atoms with Crippen molar-refractivity contribution in [3.05, 3.63) is 48.0 Å². The quantitative estimate of drug-likeness (QED) is 0.416. The van der Waals surface area contributed by atoms with Crippen LogP contribution in [-0.2, 0) is 15.9 Å². The van der Waals surface area contributed by atoms with Gasteiger partial charge in [-0.25, -0.2) is 15.0 Å². The summed E-state index contributed by atoms with van der Waals surface area (Å²) in [7, 11) is 0. The van der Waals surface area contributed by atoms with Crippen LogP contribution >= 0.6 is 11.8 Å². The van der Waals surface area contributed by atoms with Gasteiger partial charge in [0.05, 0.1) is 12.9 Å². The molecule has 2 aromatic heterocycles. The van der Waals surface area contributed by atoms with Gasteiger partial charge < -0.3 is 20.1 Å². The molecular formula is C21H26N4O4S. The van der Waals surface area contributed by atoms with E-state index in [0.717, 1.165) is 10.8 Å². The van der Waals surface area contributed by atoms with Gasteiger partial charge in [-0.05, 0) is 16.5 Å². The van der Waals surface area contributed by atoms with Gasteiger partial charge in [0.1, 0.15) is 35.2 Å². The second-order valence-corrected chi connectivity index (χ2v) is 9.43. The minimum atomic E-state index is -1.19. The summed E-state index contributed by atoms with van der Waals surface area (Å²) in [6.07, 6.45) is -1.13. The molecule has 1 fully saturated rings. The third-order valence-electron chi connectivity index (χ3n) is 5.31. The molecule has 1 aliphatic heterocycles. The highest BCUT2D eigenvalue weighted by molar-refractivity contribution is 7.98. The maximum atomic E-state index is 10.3. The number of benzene rings is 1. The van der Waals surface area contributed by atoms with Crippen LogP contribution in [0.2, 0.25) is 0 Å². The van der Waals surface area contributed by atoms with E-state index in [4.69, 9.17) is 4.74 Å². The van der Waals surface area contributed by atoms with Crippen molar-refractivity contribution >= 4 is 22.9 Å². The lowest BCUT2D eigenvalue weighted by molar-refractivity contribution is -0.0511. The number of thioether (sulfide) groups is 1. The summed E-state index contributed by atoms with van der Waals surface area (Å²) >= 11 is 1.56. The predicted octanol–water partition coefficient (Wildman–Crippen LogP) is 2.03. The van der Waals surface area contributed by atoms with Crippen LogP contribution in [0.25, 0.3) is 11.2 Å². The molecule has 0 amide bonds. The van der Waals surface area contributed by atoms with Crippen molar-refractivity contribution in [3.63, 3.8) is 0 Å². The van der Waals surface area contributed by atoms with Crippen LogP contribution in [0.3, 0.4) is 0 Å². The first-order valence-corrected chi connectivity index (χ1v) is 10.8. The van der Waals surface area contributed by atoms with Gasteiger partial charge in [0.25, 0.3) is 0 Å². The number of hydrogen-bond donors (Lipinski definition) is 3. The number of rotatable bonds is 5. The highest BCUT2D eigenvalue weighted by Gasteiger charge is 2.44. The molecule has 1 aliphatic rings. The standard InChI is InChI=1S/C21H26N4O4S/c1-21(2,3)13-6-4-12(5-7-13)9-30-19-15-18(22-10-23-19)25(11-24-15)20-17(28)16(27)14(8-26)29-20/h4-7,10-11,14,16-17,20,26-28H,8-9H2,1-3H3/t14-,16-,17-,20-/m1/s1. The summed E-state index contributed by atoms with van der Waals surface area (Å²) in [6, 6.07) is 8.57. The summed E-state index contributed by atoms with van der Waals surface area (Å²) in [5, 5.41) is 30.4. The van der Waals surface area contributed by atoms with Gasteiger partial charge in [-0.3, -0.25) is 4.57 Å². The van der Waals surface area contributed by atoms with E-state index in [9.17, 15) is 15.3 Å². The first-order valence-electron chi connectivity index (χ1n) is 9.82. The molecule has 1 saturated heterocycles. The zero-order valence-corrected chi connectivity index (χ0v) is 18.0. The smallest absolute Gasteiger partial charge is 0.166 e. The Balaban J connectivity index is 1.54. The van der Waals surface area contributed by atoms with Crippen LogP contribution in [0.5, 0.6) is 0 Å². The van der Waals surface area contributed by atoms with Crippen molar-refractivity contribution in [1.29, 1.82) is 0 Å². The third kappa shape index (κ3) is 3.95. The number of hydrogen-bond acceptors (Lipinski definition) is 8. The number of fused-ring (bicyclic) bond motifs is 1. The Labute approximate surface area is 179 Å². The molecule has 3 aromatic rings. The van der Waals surface area contributed by atoms with Crippen LogP contribution in [0.1, 0.15) is 38.1 Å². The number of aliphatic hydroxyl groups is 3. The van der Waals surface area contributed by atoms with Crippen molar-refractivity contribution in [2.75, 3.05) is 6.61 Å². The fourth-order valence-electron chi connectivity index (χ4n) is 3.48. The van der Waals surface area contributed by atoms with E-state index >= 15 is 0 Å². The maximum Gasteiger partial charge on any atom is 0.166 e. The van der Waals surface area contributed by atoms with E-state index in [-0.39, 0.29) is 12.0 Å². The molecule has 0 unspecified atom stereocenters. The first-order chi connectivity index (χ1) is 14.3. The molecule has 8 nitrogen and oxygen atoms in total. The van der Waals surface area contributed by atoms with Gasteiger partial charge in [0.15, 0.2) is 11.9 Å². The highest BCUT2D eigenvalue weighted by Crippen LogP contribution is 2.33. The zero-order chi connectivity index (χ0) is 21.5. The number of aromatic nitrogens is 4. The minimum Gasteiger partial charge on any atom is -0.394 e. The molecule has 9 heteroatoms. The van der Waals surface area contributed by atoms with Gasteiger partial charge in [-0.15, -0.1) is 0 Å². The Morgan fingerprint density at radius 1 is 1.07 bits per heavy atom. The Morgan fingerprint density at radius 3 is 2.43 bits per heavy atom. The molecule has 0 spiro atoms. The summed E-state index contributed by atoms with van der Waals surface area (Å²) in [5.41, 5.74) is 3.70. The van der Waals surface area contributed by atoms with Crippen molar-refractivity contribution in [2.45, 2.75) is 61.5 Å². The summed E-state index contributed by atoms with van der Waals surface area (Å²) < 4.78 is 7.17. The molecular weight excluding hydrogens is 404 g/mol. The molecule has 4 rings (SSSR count). The van der Waals surface area contributed by atoms with Gasteiger partial charge in [0, 0.05) is 5.75 Å². The Bertz CT molecular complexity index is 1020. The number of imidazole rings is 1. The molecule has 4 atom stereocenters. The van der Waals surface area contributed by atoms with E-state index in [1.807, 2.05) is 0 Å². The fraction of sp³-hybridized carbons (Fsp3) is 0.476. The fourth-order valence-corrected chi connectivity index (χ4v) is 4.38. The number of nitrogens with zero attached hydrogens (tertiary/aromatic N) is 4. The monoisotopic (exact) mass is 430 g/mol. The first kappa shape index (κ1) is 21.2. The van der Waals surface area contributed by atoms with Crippen molar-refractivity contribution in [3.8, 4) is 0 Å². The molecule has 1 aromatic carbocycles. The number of ether oxygens (including phenoxy) is 1. The Hall–Kier alpha value is -2.04. The minimum absolute atomic E-state index is 0.118. The van der Waals surface area contributed by atoms with Crippen LogP contribution < -0.4 is 0 Å². The van der Waals surface area contributed by atoms with Gasteiger partial charge >= 0.3 is 0 Å². The largest absolute Gasteiger partial charge is 0.394 e. The molecule has 0 saturated carbocycles. The highest BCUT2D eigenvalue weighted by atomic mass is 32.2. The van der Waals surface area contributed by atoms with Crippen LogP contribution in [0, 0.1) is 0 Å². The van der Waals surface area contributed by atoms with E-state index in [0.29, 0.717) is 11.2 Å². The third-order valence-corrected chi connectivity index (χ3v) is 6.36. The molecule has 3 heterocycles. The molecule has 0 radical (unpaired) electrons. The Morgan fingerprint density at radius 2 is 1.80 bits per heavy atom. The summed E-state index contributed by atoms with van der Waals surface area (Å²) in [6.45, 7) is 6.19. The maximum absolute atomic E-state index is 10.3. The normalized spacial score (nSPS) is 24.6. The van der Waals surface area contributed by atoms with Gasteiger partial charge in [0.2, 0.25) is 0 Å². The average molecular weight is 431 g/mol. The molecule has 0 bridgehead atoms. The van der Waals surface area contributed by atoms with E-state index < -0.39 is 24.5 Å². The molecule has 3 N–H and O–H groups in total. The zero-order valence-electron chi connectivity index (χ0n) is 17.1. The van der Waals surface area contributed by atoms with E-state index in [1.165, 1.54) is 23.8 Å². The topological polar surface area (TPSA) is 114 Å². The van der Waals surface area contributed by atoms with Gasteiger partial charge in [-0.2, -0.15) is 0 Å². The predicted molar refractivity (Wildman–Crippen MR) is 113 cm³/mol. The SMILES string of the molecule is CC(C)(C)c1ccc(CSc2ncnc3c2ncn3[C@@H]2O[C@H](CO)[C@@H](O)[C@H]2O)cc1. The summed E-state index contributed by atoms with van der Waals surface area (Å²) in [5.74, 6) is 0.733. The molecule has 0 aliphatic carbocycles. The van der Waals surface area contributed by atoms with Crippen LogP contribution in [0.4, 0.5) is 0 Å². The molecule has 30 heavy (non-hydrogen) atoms. The average Bonchev–Trinajstić information content (AvgIpc) is 3.27. The van der Waals surface area contributed by atoms with E-state index in [2.05, 4.69) is 60.0 Å². The lowest BCUT2D eigenvalue weighted by atomic mass is 9.87. The van der Waals surface area contributed by atoms with Crippen molar-refractivity contribution < 1.29 is 20.1 Å². The van der Waals surface area contributed by atoms with Crippen molar-refractivity contribution in [2.24, 2.45) is 0 Å². The second kappa shape index (κ2) is 8.24. The van der Waals surface area contributed by atoms with Crippen LogP contribution in [0.15, 0.2) is 41.9 Å². The van der Waals surface area contributed by atoms with Crippen molar-refractivity contribution in [1.82, 2.24) is 19.5 Å². The van der Waals surface area contributed by atoms with E-state index in [1.54, 1.807) is 16.3 Å². The number of aliphatic hydroxyl groups excluding tert-OH is 3. The lowest BCUT2D eigenvalue weighted by Crippen LogP contribution is -2.33. The second-order valence-electron chi connectivity index (χ2n) is 8.47. The Kier molecular flexibility index (Phi) is 5.82.